The Morgan fingerprint density at radius 1 is 1.47 bits per heavy atom. The van der Waals surface area contributed by atoms with Gasteiger partial charge in [0.05, 0.1) is 10.8 Å². The maximum Gasteiger partial charge on any atom is 0.307 e. The molecule has 0 bridgehead atoms. The van der Waals surface area contributed by atoms with Crippen LogP contribution in [-0.4, -0.2) is 36.9 Å². The smallest absolute Gasteiger partial charge is 0.307 e. The average molecular weight is 303 g/mol. The lowest BCUT2D eigenvalue weighted by Gasteiger charge is -2.29. The number of aliphatic carboxylic acids is 1. The minimum Gasteiger partial charge on any atom is -0.481 e. The molecule has 0 radical (unpaired) electrons. The Morgan fingerprint density at radius 2 is 2.16 bits per heavy atom. The van der Waals surface area contributed by atoms with Crippen LogP contribution in [-0.2, 0) is 14.8 Å². The third kappa shape index (κ3) is 2.82. The van der Waals surface area contributed by atoms with E-state index in [-0.39, 0.29) is 6.54 Å². The van der Waals surface area contributed by atoms with Crippen LogP contribution < -0.4 is 0 Å². The summed E-state index contributed by atoms with van der Waals surface area (Å²) < 4.78 is 26.4. The van der Waals surface area contributed by atoms with Gasteiger partial charge in [0.15, 0.2) is 0 Å². The molecule has 0 unspecified atom stereocenters. The number of nitrogens with zero attached hydrogens (tertiary/aromatic N) is 1. The molecule has 1 atom stereocenters. The van der Waals surface area contributed by atoms with Crippen LogP contribution in [0, 0.1) is 19.8 Å². The number of rotatable bonds is 3. The lowest BCUT2D eigenvalue weighted by atomic mass is 10.0. The number of hydrogen-bond donors (Lipinski definition) is 1. The molecule has 1 aromatic rings. The van der Waals surface area contributed by atoms with E-state index in [1.54, 1.807) is 13.0 Å². The Labute approximate surface area is 116 Å². The normalized spacial score (nSPS) is 21.5. The van der Waals surface area contributed by atoms with Crippen molar-refractivity contribution in [1.82, 2.24) is 4.31 Å². The van der Waals surface area contributed by atoms with Crippen molar-refractivity contribution in [3.05, 3.63) is 15.8 Å². The number of hydrogen-bond acceptors (Lipinski definition) is 4. The molecule has 5 nitrogen and oxygen atoms in total. The van der Waals surface area contributed by atoms with E-state index in [0.29, 0.717) is 24.3 Å². The summed E-state index contributed by atoms with van der Waals surface area (Å²) in [5.74, 6) is -1.51. The zero-order chi connectivity index (χ0) is 14.2. The fraction of sp³-hybridized carbons (Fsp3) is 0.583. The monoisotopic (exact) mass is 303 g/mol. The molecule has 1 aromatic heterocycles. The summed E-state index contributed by atoms with van der Waals surface area (Å²) >= 11 is 1.45. The maximum atomic E-state index is 12.5. The van der Waals surface area contributed by atoms with Gasteiger partial charge in [0, 0.05) is 22.8 Å². The van der Waals surface area contributed by atoms with Crippen LogP contribution in [0.25, 0.3) is 0 Å². The van der Waals surface area contributed by atoms with Crippen LogP contribution >= 0.6 is 11.3 Å². The molecule has 1 N–H and O–H groups in total. The first-order valence-corrected chi connectivity index (χ1v) is 8.38. The number of piperidine rings is 1. The van der Waals surface area contributed by atoms with E-state index < -0.39 is 21.9 Å². The summed E-state index contributed by atoms with van der Waals surface area (Å²) in [6, 6.07) is 1.67. The SMILES string of the molecule is Cc1cc(S(=O)(=O)N2CCC[C@H](C(=O)O)C2)c(C)s1. The van der Waals surface area contributed by atoms with Crippen LogP contribution in [0.2, 0.25) is 0 Å². The van der Waals surface area contributed by atoms with Crippen molar-refractivity contribution in [2.45, 2.75) is 31.6 Å². The van der Waals surface area contributed by atoms with Gasteiger partial charge in [0.25, 0.3) is 0 Å². The standard InChI is InChI=1S/C12H17NO4S2/c1-8-6-11(9(2)18-8)19(16,17)13-5-3-4-10(7-13)12(14)15/h6,10H,3-5,7H2,1-2H3,(H,14,15)/t10-/m0/s1. The fourth-order valence-corrected chi connectivity index (χ4v) is 5.41. The van der Waals surface area contributed by atoms with Gasteiger partial charge >= 0.3 is 5.97 Å². The summed E-state index contributed by atoms with van der Waals surface area (Å²) in [7, 11) is -3.56. The fourth-order valence-electron chi connectivity index (χ4n) is 2.36. The van der Waals surface area contributed by atoms with Gasteiger partial charge in [-0.1, -0.05) is 0 Å². The number of thiophene rings is 1. The highest BCUT2D eigenvalue weighted by atomic mass is 32.2. The van der Waals surface area contributed by atoms with Gasteiger partial charge in [-0.2, -0.15) is 4.31 Å². The molecule has 2 heterocycles. The molecule has 1 aliphatic heterocycles. The quantitative estimate of drug-likeness (QED) is 0.924. The summed E-state index contributed by atoms with van der Waals surface area (Å²) in [4.78, 5) is 13.0. The minimum absolute atomic E-state index is 0.0754. The Morgan fingerprint density at radius 3 is 2.68 bits per heavy atom. The molecule has 2 rings (SSSR count). The molecule has 106 valence electrons. The van der Waals surface area contributed by atoms with Gasteiger partial charge in [-0.15, -0.1) is 11.3 Å². The maximum absolute atomic E-state index is 12.5. The molecular formula is C12H17NO4S2. The summed E-state index contributed by atoms with van der Waals surface area (Å²) in [5, 5.41) is 9.03. The number of carboxylic acids is 1. The lowest BCUT2D eigenvalue weighted by molar-refractivity contribution is -0.142. The topological polar surface area (TPSA) is 74.7 Å². The molecule has 1 fully saturated rings. The Hall–Kier alpha value is -0.920. The van der Waals surface area contributed by atoms with E-state index in [0.717, 1.165) is 9.75 Å². The summed E-state index contributed by atoms with van der Waals surface area (Å²) in [6.45, 7) is 4.13. The zero-order valence-corrected chi connectivity index (χ0v) is 12.6. The summed E-state index contributed by atoms with van der Waals surface area (Å²) in [6.07, 6.45) is 1.14. The molecule has 19 heavy (non-hydrogen) atoms. The first kappa shape index (κ1) is 14.5. The van der Waals surface area contributed by atoms with Gasteiger partial charge in [0.2, 0.25) is 10.0 Å². The molecular weight excluding hydrogens is 286 g/mol. The highest BCUT2D eigenvalue weighted by Gasteiger charge is 2.34. The largest absolute Gasteiger partial charge is 0.481 e. The Balaban J connectivity index is 2.29. The Kier molecular flexibility index (Phi) is 3.98. The molecule has 0 aliphatic carbocycles. The van der Waals surface area contributed by atoms with E-state index in [1.165, 1.54) is 15.6 Å². The number of carboxylic acid groups (broad SMARTS) is 1. The predicted octanol–water partition coefficient (Wildman–Crippen LogP) is 1.85. The number of sulfonamides is 1. The van der Waals surface area contributed by atoms with E-state index in [1.807, 2.05) is 6.92 Å². The van der Waals surface area contributed by atoms with Crippen LogP contribution in [0.15, 0.2) is 11.0 Å². The molecule has 1 aliphatic rings. The van der Waals surface area contributed by atoms with Crippen molar-refractivity contribution in [3.8, 4) is 0 Å². The third-order valence-corrected chi connectivity index (χ3v) is 6.43. The van der Waals surface area contributed by atoms with E-state index in [2.05, 4.69) is 0 Å². The highest BCUT2D eigenvalue weighted by Crippen LogP contribution is 2.30. The molecule has 1 saturated heterocycles. The van der Waals surface area contributed by atoms with E-state index in [4.69, 9.17) is 5.11 Å². The summed E-state index contributed by atoms with van der Waals surface area (Å²) in [5.41, 5.74) is 0. The second-order valence-electron chi connectivity index (χ2n) is 4.82. The molecule has 0 saturated carbocycles. The van der Waals surface area contributed by atoms with Gasteiger partial charge in [-0.05, 0) is 32.8 Å². The van der Waals surface area contributed by atoms with E-state index in [9.17, 15) is 13.2 Å². The average Bonchev–Trinajstić information content (AvgIpc) is 2.69. The minimum atomic E-state index is -3.56. The van der Waals surface area contributed by atoms with Crippen LogP contribution in [0.5, 0.6) is 0 Å². The van der Waals surface area contributed by atoms with Crippen molar-refractivity contribution in [2.24, 2.45) is 5.92 Å². The van der Waals surface area contributed by atoms with Crippen molar-refractivity contribution >= 4 is 27.3 Å². The van der Waals surface area contributed by atoms with Crippen molar-refractivity contribution in [3.63, 3.8) is 0 Å². The number of carbonyl (C=O) groups is 1. The second-order valence-corrected chi connectivity index (χ2v) is 8.18. The van der Waals surface area contributed by atoms with Gasteiger partial charge in [-0.25, -0.2) is 8.42 Å². The van der Waals surface area contributed by atoms with Gasteiger partial charge < -0.3 is 5.11 Å². The second kappa shape index (κ2) is 5.22. The van der Waals surface area contributed by atoms with Gasteiger partial charge in [0.1, 0.15) is 0 Å². The van der Waals surface area contributed by atoms with Crippen molar-refractivity contribution in [2.75, 3.05) is 13.1 Å². The zero-order valence-electron chi connectivity index (χ0n) is 10.9. The molecule has 0 aromatic carbocycles. The van der Waals surface area contributed by atoms with Crippen molar-refractivity contribution < 1.29 is 18.3 Å². The van der Waals surface area contributed by atoms with Crippen LogP contribution in [0.1, 0.15) is 22.6 Å². The lowest BCUT2D eigenvalue weighted by Crippen LogP contribution is -2.42. The number of aryl methyl sites for hydroxylation is 2. The van der Waals surface area contributed by atoms with Crippen LogP contribution in [0.4, 0.5) is 0 Å². The van der Waals surface area contributed by atoms with Gasteiger partial charge in [-0.3, -0.25) is 4.79 Å². The third-order valence-electron chi connectivity index (χ3n) is 3.35. The first-order chi connectivity index (χ1) is 8.82. The Bertz CT molecular complexity index is 591. The molecule has 0 spiro atoms. The molecule has 0 amide bonds. The predicted molar refractivity (Wildman–Crippen MR) is 72.9 cm³/mol. The van der Waals surface area contributed by atoms with Crippen molar-refractivity contribution in [1.29, 1.82) is 0 Å². The van der Waals surface area contributed by atoms with Crippen LogP contribution in [0.3, 0.4) is 0 Å². The van der Waals surface area contributed by atoms with E-state index >= 15 is 0 Å². The first-order valence-electron chi connectivity index (χ1n) is 6.12. The highest BCUT2D eigenvalue weighted by molar-refractivity contribution is 7.89. The molecule has 7 heteroatoms.